The maximum atomic E-state index is 3.31. The van der Waals surface area contributed by atoms with Gasteiger partial charge in [0.25, 0.3) is 0 Å². The van der Waals surface area contributed by atoms with E-state index in [4.69, 9.17) is 0 Å². The normalized spacial score (nSPS) is 8.82. The van der Waals surface area contributed by atoms with E-state index < -0.39 is 0 Å². The highest BCUT2D eigenvalue weighted by atomic mass is 79.9. The molecule has 0 saturated heterocycles. The first-order valence-electron chi connectivity index (χ1n) is 3.83. The Hall–Kier alpha value is -0.0831. The third-order valence-electron chi connectivity index (χ3n) is 0.733. The molecule has 0 aliphatic heterocycles. The van der Waals surface area contributed by atoms with Crippen LogP contribution < -0.4 is 0 Å². The second-order valence-electron chi connectivity index (χ2n) is 3.03. The minimum Gasteiger partial charge on any atom is -0.0724 e. The minimum atomic E-state index is -0.139. The van der Waals surface area contributed by atoms with Gasteiger partial charge in [-0.2, -0.15) is 0 Å². The summed E-state index contributed by atoms with van der Waals surface area (Å²) in [6.45, 7) is 6.92. The molecule has 0 unspecified atom stereocenters. The zero-order valence-corrected chi connectivity index (χ0v) is 10.1. The summed E-state index contributed by atoms with van der Waals surface area (Å²) in [5, 5.41) is 0. The van der Waals surface area contributed by atoms with E-state index in [0.29, 0.717) is 0 Å². The molecule has 1 aromatic carbocycles. The summed E-state index contributed by atoms with van der Waals surface area (Å²) in [6.07, 6.45) is 0. The lowest BCUT2D eigenvalue weighted by molar-refractivity contribution is 1.66. The first-order chi connectivity index (χ1) is 5.13. The van der Waals surface area contributed by atoms with Crippen LogP contribution >= 0.6 is 15.9 Å². The van der Waals surface area contributed by atoms with Crippen LogP contribution in [0, 0.1) is 0 Å². The van der Waals surface area contributed by atoms with Gasteiger partial charge in [0.1, 0.15) is 0 Å². The van der Waals surface area contributed by atoms with Crippen molar-refractivity contribution >= 4 is 24.7 Å². The van der Waals surface area contributed by atoms with Gasteiger partial charge in [-0.1, -0.05) is 53.8 Å². The van der Waals surface area contributed by atoms with Crippen LogP contribution in [-0.4, -0.2) is 8.80 Å². The molecule has 1 aromatic rings. The number of benzene rings is 1. The third kappa shape index (κ3) is 9.92. The van der Waals surface area contributed by atoms with Crippen LogP contribution in [-0.2, 0) is 0 Å². The smallest absolute Gasteiger partial charge is 0.0274 e. The van der Waals surface area contributed by atoms with E-state index in [1.165, 1.54) is 0 Å². The fourth-order valence-corrected chi connectivity index (χ4v) is 0.720. The Bertz CT molecular complexity index is 169. The van der Waals surface area contributed by atoms with Crippen molar-refractivity contribution in [1.82, 2.24) is 0 Å². The molecule has 0 N–H and O–H groups in total. The summed E-state index contributed by atoms with van der Waals surface area (Å²) in [4.78, 5) is 0. The van der Waals surface area contributed by atoms with Crippen molar-refractivity contribution in [3.63, 3.8) is 0 Å². The largest absolute Gasteiger partial charge is 0.0724 e. The standard InChI is InChI=1S/C6H5Br.C3H10Si/c7-6-4-2-1-3-5-6;1-4(2)3/h1-5H;4H,1-3H3. The second-order valence-corrected chi connectivity index (χ2v) is 7.41. The van der Waals surface area contributed by atoms with Gasteiger partial charge in [-0.3, -0.25) is 0 Å². The van der Waals surface area contributed by atoms with Crippen LogP contribution in [0.25, 0.3) is 0 Å². The summed E-state index contributed by atoms with van der Waals surface area (Å²) in [6, 6.07) is 9.97. The van der Waals surface area contributed by atoms with Gasteiger partial charge in [-0.15, -0.1) is 0 Å². The van der Waals surface area contributed by atoms with E-state index in [9.17, 15) is 0 Å². The summed E-state index contributed by atoms with van der Waals surface area (Å²) in [5.74, 6) is 0. The topological polar surface area (TPSA) is 0 Å². The van der Waals surface area contributed by atoms with Gasteiger partial charge in [-0.05, 0) is 12.1 Å². The number of hydrogen-bond donors (Lipinski definition) is 0. The zero-order valence-electron chi connectivity index (χ0n) is 7.34. The Morgan fingerprint density at radius 2 is 1.36 bits per heavy atom. The lowest BCUT2D eigenvalue weighted by Crippen LogP contribution is -1.84. The molecule has 0 bridgehead atoms. The van der Waals surface area contributed by atoms with Crippen LogP contribution in [0.2, 0.25) is 19.6 Å². The van der Waals surface area contributed by atoms with E-state index in [1.54, 1.807) is 0 Å². The fraction of sp³-hybridized carbons (Fsp3) is 0.333. The van der Waals surface area contributed by atoms with Crippen LogP contribution in [0.5, 0.6) is 0 Å². The van der Waals surface area contributed by atoms with E-state index in [-0.39, 0.29) is 8.80 Å². The van der Waals surface area contributed by atoms with E-state index >= 15 is 0 Å². The molecular weight excluding hydrogens is 216 g/mol. The van der Waals surface area contributed by atoms with E-state index in [1.807, 2.05) is 30.3 Å². The van der Waals surface area contributed by atoms with E-state index in [0.717, 1.165) is 4.47 Å². The van der Waals surface area contributed by atoms with Crippen LogP contribution in [0.15, 0.2) is 34.8 Å². The van der Waals surface area contributed by atoms with Crippen LogP contribution in [0.3, 0.4) is 0 Å². The molecule has 11 heavy (non-hydrogen) atoms. The molecule has 0 saturated carbocycles. The Labute approximate surface area is 79.4 Å². The van der Waals surface area contributed by atoms with Gasteiger partial charge in [-0.25, -0.2) is 0 Å². The number of hydrogen-bond acceptors (Lipinski definition) is 0. The van der Waals surface area contributed by atoms with Crippen molar-refractivity contribution in [1.29, 1.82) is 0 Å². The maximum absolute atomic E-state index is 3.31. The van der Waals surface area contributed by atoms with Crippen molar-refractivity contribution in [2.45, 2.75) is 19.6 Å². The molecular formula is C9H15BrSi. The molecule has 0 aliphatic rings. The average Bonchev–Trinajstić information content (AvgIpc) is 1.87. The SMILES string of the molecule is Brc1ccccc1.C[SiH](C)C. The second kappa shape index (κ2) is 6.62. The highest BCUT2D eigenvalue weighted by molar-refractivity contribution is 9.10. The van der Waals surface area contributed by atoms with Crippen molar-refractivity contribution in [2.75, 3.05) is 0 Å². The molecule has 2 heteroatoms. The molecule has 0 amide bonds. The maximum Gasteiger partial charge on any atom is 0.0274 e. The first-order valence-corrected chi connectivity index (χ1v) is 8.09. The lowest BCUT2D eigenvalue weighted by atomic mass is 10.4. The molecule has 0 nitrogen and oxygen atoms in total. The highest BCUT2D eigenvalue weighted by Gasteiger charge is 1.74. The Kier molecular flexibility index (Phi) is 6.57. The molecule has 0 spiro atoms. The minimum absolute atomic E-state index is 0.139. The summed E-state index contributed by atoms with van der Waals surface area (Å²) < 4.78 is 1.13. The number of rotatable bonds is 0. The number of halogens is 1. The van der Waals surface area contributed by atoms with Crippen LogP contribution in [0.4, 0.5) is 0 Å². The van der Waals surface area contributed by atoms with Crippen LogP contribution in [0.1, 0.15) is 0 Å². The Morgan fingerprint density at radius 1 is 1.00 bits per heavy atom. The van der Waals surface area contributed by atoms with Gasteiger partial charge in [0.2, 0.25) is 0 Å². The molecule has 0 heterocycles. The van der Waals surface area contributed by atoms with Gasteiger partial charge in [0, 0.05) is 13.3 Å². The Balaban J connectivity index is 0.000000218. The van der Waals surface area contributed by atoms with Gasteiger partial charge < -0.3 is 0 Å². The summed E-state index contributed by atoms with van der Waals surface area (Å²) >= 11 is 3.31. The quantitative estimate of drug-likeness (QED) is 0.599. The summed E-state index contributed by atoms with van der Waals surface area (Å²) in [7, 11) is -0.139. The zero-order chi connectivity index (χ0) is 8.69. The van der Waals surface area contributed by atoms with E-state index in [2.05, 4.69) is 35.6 Å². The predicted molar refractivity (Wildman–Crippen MR) is 58.9 cm³/mol. The average molecular weight is 231 g/mol. The molecule has 0 aliphatic carbocycles. The molecule has 1 rings (SSSR count). The van der Waals surface area contributed by atoms with Gasteiger partial charge in [0.15, 0.2) is 0 Å². The van der Waals surface area contributed by atoms with Gasteiger partial charge in [0.05, 0.1) is 0 Å². The lowest BCUT2D eigenvalue weighted by Gasteiger charge is -1.80. The summed E-state index contributed by atoms with van der Waals surface area (Å²) in [5.41, 5.74) is 0. The molecule has 0 atom stereocenters. The molecule has 0 radical (unpaired) electrons. The first kappa shape index (κ1) is 10.9. The van der Waals surface area contributed by atoms with Crippen molar-refractivity contribution in [2.24, 2.45) is 0 Å². The van der Waals surface area contributed by atoms with Crippen molar-refractivity contribution in [3.8, 4) is 0 Å². The third-order valence-corrected chi connectivity index (χ3v) is 1.26. The van der Waals surface area contributed by atoms with Gasteiger partial charge >= 0.3 is 0 Å². The molecule has 0 fully saturated rings. The molecule has 0 aromatic heterocycles. The highest BCUT2D eigenvalue weighted by Crippen LogP contribution is 2.05. The molecule has 62 valence electrons. The van der Waals surface area contributed by atoms with Crippen molar-refractivity contribution < 1.29 is 0 Å². The predicted octanol–water partition coefficient (Wildman–Crippen LogP) is 3.55. The Morgan fingerprint density at radius 3 is 1.55 bits per heavy atom. The monoisotopic (exact) mass is 230 g/mol. The fourth-order valence-electron chi connectivity index (χ4n) is 0.415. The van der Waals surface area contributed by atoms with Crippen molar-refractivity contribution in [3.05, 3.63) is 34.8 Å².